The zero-order chi connectivity index (χ0) is 26.6. The molecule has 4 N–H and O–H groups in total. The summed E-state index contributed by atoms with van der Waals surface area (Å²) in [7, 11) is 4.01. The van der Waals surface area contributed by atoms with E-state index in [1.807, 2.05) is 26.2 Å². The van der Waals surface area contributed by atoms with Gasteiger partial charge in [-0.3, -0.25) is 19.5 Å². The SMILES string of the molecule is CN(C)CCN(Cc1ccncc1)Cc1cc(F)cc(F)c1.O=C(O)CC(O)(CC(=O)O)C(=O)O. The van der Waals surface area contributed by atoms with Gasteiger partial charge < -0.3 is 25.3 Å². The molecule has 0 aliphatic heterocycles. The number of hydrogen-bond acceptors (Lipinski definition) is 7. The molecule has 0 unspecified atom stereocenters. The highest BCUT2D eigenvalue weighted by molar-refractivity contribution is 5.88. The lowest BCUT2D eigenvalue weighted by molar-refractivity contribution is -0.170. The van der Waals surface area contributed by atoms with Gasteiger partial charge in [-0.25, -0.2) is 13.6 Å². The zero-order valence-corrected chi connectivity index (χ0v) is 19.4. The van der Waals surface area contributed by atoms with Crippen molar-refractivity contribution in [3.63, 3.8) is 0 Å². The lowest BCUT2D eigenvalue weighted by Crippen LogP contribution is -2.42. The Morgan fingerprint density at radius 1 is 0.857 bits per heavy atom. The first kappa shape index (κ1) is 29.6. The molecule has 0 atom stereocenters. The fourth-order valence-electron chi connectivity index (χ4n) is 2.98. The molecule has 0 fully saturated rings. The molecule has 192 valence electrons. The van der Waals surface area contributed by atoms with Crippen LogP contribution in [0, 0.1) is 11.6 Å². The molecule has 2 rings (SSSR count). The third-order valence-electron chi connectivity index (χ3n) is 4.63. The van der Waals surface area contributed by atoms with Crippen LogP contribution in [0.25, 0.3) is 0 Å². The van der Waals surface area contributed by atoms with E-state index in [0.717, 1.165) is 24.7 Å². The average molecular weight is 497 g/mol. The molecule has 0 aliphatic rings. The number of carboxylic acid groups (broad SMARTS) is 3. The molecule has 0 radical (unpaired) electrons. The van der Waals surface area contributed by atoms with Crippen LogP contribution in [0.1, 0.15) is 24.0 Å². The number of halogens is 2. The van der Waals surface area contributed by atoms with Gasteiger partial charge in [-0.2, -0.15) is 0 Å². The average Bonchev–Trinajstić information content (AvgIpc) is 2.71. The van der Waals surface area contributed by atoms with Gasteiger partial charge in [-0.05, 0) is 49.5 Å². The molecule has 1 aromatic carbocycles. The van der Waals surface area contributed by atoms with Gasteiger partial charge in [0.2, 0.25) is 0 Å². The third-order valence-corrected chi connectivity index (χ3v) is 4.63. The standard InChI is InChI=1S/C17H21F2N3.C6H8O7/c1-21(2)7-8-22(12-14-3-5-20-6-4-14)13-15-9-16(18)11-17(19)10-15;7-3(8)1-6(13,5(11)12)2-4(9)10/h3-6,9-11H,7-8,12-13H2,1-2H3;13H,1-2H2,(H,7,8)(H,9,10)(H,11,12). The van der Waals surface area contributed by atoms with Crippen LogP contribution in [-0.4, -0.2) is 85.9 Å². The fourth-order valence-corrected chi connectivity index (χ4v) is 2.98. The summed E-state index contributed by atoms with van der Waals surface area (Å²) in [4.78, 5) is 38.8. The molecular weight excluding hydrogens is 468 g/mol. The summed E-state index contributed by atoms with van der Waals surface area (Å²) in [5.74, 6) is -6.09. The first-order chi connectivity index (χ1) is 16.3. The number of likely N-dealkylation sites (N-methyl/N-ethyl adjacent to an activating group) is 1. The van der Waals surface area contributed by atoms with Crippen LogP contribution in [0.15, 0.2) is 42.7 Å². The van der Waals surface area contributed by atoms with Crippen LogP contribution in [0.5, 0.6) is 0 Å². The topological polar surface area (TPSA) is 152 Å². The minimum atomic E-state index is -2.74. The lowest BCUT2D eigenvalue weighted by atomic mass is 9.96. The summed E-state index contributed by atoms with van der Waals surface area (Å²) in [5.41, 5.74) is -0.964. The summed E-state index contributed by atoms with van der Waals surface area (Å²) in [6.07, 6.45) is 1.21. The second kappa shape index (κ2) is 14.0. The molecule has 35 heavy (non-hydrogen) atoms. The number of hydrogen-bond donors (Lipinski definition) is 4. The zero-order valence-electron chi connectivity index (χ0n) is 19.4. The fraction of sp³-hybridized carbons (Fsp3) is 0.391. The van der Waals surface area contributed by atoms with Gasteiger partial charge in [0.15, 0.2) is 5.60 Å². The number of benzene rings is 1. The number of aliphatic carboxylic acids is 3. The molecule has 0 spiro atoms. The Hall–Kier alpha value is -3.48. The Kier molecular flexibility index (Phi) is 11.9. The maximum Gasteiger partial charge on any atom is 0.336 e. The molecule has 2 aromatic rings. The number of aromatic nitrogens is 1. The molecule has 0 amide bonds. The minimum absolute atomic E-state index is 0.505. The Balaban J connectivity index is 0.000000405. The van der Waals surface area contributed by atoms with E-state index < -0.39 is 48.0 Å². The monoisotopic (exact) mass is 497 g/mol. The van der Waals surface area contributed by atoms with Crippen molar-refractivity contribution in [3.8, 4) is 0 Å². The highest BCUT2D eigenvalue weighted by Crippen LogP contribution is 2.16. The normalized spacial score (nSPS) is 11.2. The molecule has 0 bridgehead atoms. The van der Waals surface area contributed by atoms with Gasteiger partial charge >= 0.3 is 17.9 Å². The number of nitrogens with zero attached hydrogens (tertiary/aromatic N) is 3. The summed E-state index contributed by atoms with van der Waals surface area (Å²) < 4.78 is 26.7. The van der Waals surface area contributed by atoms with Crippen LogP contribution in [-0.2, 0) is 27.5 Å². The van der Waals surface area contributed by atoms with Gasteiger partial charge in [-0.15, -0.1) is 0 Å². The van der Waals surface area contributed by atoms with Crippen molar-refractivity contribution in [2.24, 2.45) is 0 Å². The Morgan fingerprint density at radius 3 is 1.77 bits per heavy atom. The maximum absolute atomic E-state index is 13.3. The van der Waals surface area contributed by atoms with Crippen LogP contribution >= 0.6 is 0 Å². The quantitative estimate of drug-likeness (QED) is 0.341. The summed E-state index contributed by atoms with van der Waals surface area (Å²) in [6, 6.07) is 7.58. The highest BCUT2D eigenvalue weighted by atomic mass is 19.1. The predicted molar refractivity (Wildman–Crippen MR) is 120 cm³/mol. The number of pyridine rings is 1. The maximum atomic E-state index is 13.3. The van der Waals surface area contributed by atoms with Crippen molar-refractivity contribution < 1.29 is 43.6 Å². The van der Waals surface area contributed by atoms with Gasteiger partial charge in [0, 0.05) is 44.6 Å². The van der Waals surface area contributed by atoms with Crippen molar-refractivity contribution in [2.45, 2.75) is 31.5 Å². The highest BCUT2D eigenvalue weighted by Gasteiger charge is 2.40. The largest absolute Gasteiger partial charge is 0.481 e. The molecule has 10 nitrogen and oxygen atoms in total. The van der Waals surface area contributed by atoms with E-state index in [1.165, 1.54) is 12.1 Å². The van der Waals surface area contributed by atoms with Crippen molar-refractivity contribution in [2.75, 3.05) is 27.2 Å². The number of aliphatic hydroxyl groups is 1. The molecule has 0 saturated heterocycles. The van der Waals surface area contributed by atoms with E-state index in [2.05, 4.69) is 14.8 Å². The lowest BCUT2D eigenvalue weighted by Gasteiger charge is -2.24. The first-order valence-electron chi connectivity index (χ1n) is 10.4. The van der Waals surface area contributed by atoms with E-state index in [4.69, 9.17) is 20.4 Å². The molecule has 1 aromatic heterocycles. The van der Waals surface area contributed by atoms with E-state index in [1.54, 1.807) is 12.4 Å². The Bertz CT molecular complexity index is 954. The number of rotatable bonds is 12. The van der Waals surface area contributed by atoms with E-state index in [-0.39, 0.29) is 0 Å². The molecule has 0 aliphatic carbocycles. The number of carbonyl (C=O) groups is 3. The second-order valence-corrected chi connectivity index (χ2v) is 8.12. The second-order valence-electron chi connectivity index (χ2n) is 8.12. The predicted octanol–water partition coefficient (Wildman–Crippen LogP) is 1.68. The summed E-state index contributed by atoms with van der Waals surface area (Å²) in [6.45, 7) is 2.91. The molecule has 12 heteroatoms. The minimum Gasteiger partial charge on any atom is -0.481 e. The smallest absolute Gasteiger partial charge is 0.336 e. The van der Waals surface area contributed by atoms with Crippen LogP contribution < -0.4 is 0 Å². The van der Waals surface area contributed by atoms with Crippen LogP contribution in [0.2, 0.25) is 0 Å². The van der Waals surface area contributed by atoms with Gasteiger partial charge in [0.05, 0.1) is 12.8 Å². The van der Waals surface area contributed by atoms with Crippen LogP contribution in [0.3, 0.4) is 0 Å². The number of carboxylic acids is 3. The third kappa shape index (κ3) is 12.0. The summed E-state index contributed by atoms with van der Waals surface area (Å²) in [5, 5.41) is 33.8. The van der Waals surface area contributed by atoms with E-state index >= 15 is 0 Å². The first-order valence-corrected chi connectivity index (χ1v) is 10.4. The molecular formula is C23H29F2N3O7. The van der Waals surface area contributed by atoms with Crippen molar-refractivity contribution in [3.05, 3.63) is 65.5 Å². The van der Waals surface area contributed by atoms with E-state index in [0.29, 0.717) is 18.7 Å². The Morgan fingerprint density at radius 2 is 1.34 bits per heavy atom. The molecule has 0 saturated carbocycles. The Labute approximate surface area is 201 Å². The van der Waals surface area contributed by atoms with Crippen molar-refractivity contribution in [1.82, 2.24) is 14.8 Å². The molecule has 1 heterocycles. The van der Waals surface area contributed by atoms with E-state index in [9.17, 15) is 23.2 Å². The van der Waals surface area contributed by atoms with Crippen molar-refractivity contribution >= 4 is 17.9 Å². The van der Waals surface area contributed by atoms with Crippen LogP contribution in [0.4, 0.5) is 8.78 Å². The van der Waals surface area contributed by atoms with Crippen molar-refractivity contribution in [1.29, 1.82) is 0 Å². The van der Waals surface area contributed by atoms with Gasteiger partial charge in [0.25, 0.3) is 0 Å². The van der Waals surface area contributed by atoms with Gasteiger partial charge in [-0.1, -0.05) is 0 Å². The summed E-state index contributed by atoms with van der Waals surface area (Å²) >= 11 is 0. The van der Waals surface area contributed by atoms with Gasteiger partial charge in [0.1, 0.15) is 11.6 Å².